The summed E-state index contributed by atoms with van der Waals surface area (Å²) in [5.74, 6) is 0.762. The Morgan fingerprint density at radius 2 is 2.29 bits per heavy atom. The van der Waals surface area contributed by atoms with Crippen LogP contribution in [0.3, 0.4) is 0 Å². The first-order chi connectivity index (χ1) is 8.24. The van der Waals surface area contributed by atoms with E-state index in [0.29, 0.717) is 31.0 Å². The van der Waals surface area contributed by atoms with Gasteiger partial charge in [0, 0.05) is 25.7 Å². The average molecular weight is 236 g/mol. The number of carbonyl (C=O) groups is 1. The zero-order valence-corrected chi connectivity index (χ0v) is 10.2. The van der Waals surface area contributed by atoms with Crippen molar-refractivity contribution in [1.29, 1.82) is 0 Å². The van der Waals surface area contributed by atoms with Gasteiger partial charge in [-0.25, -0.2) is 4.98 Å². The van der Waals surface area contributed by atoms with E-state index in [1.807, 2.05) is 0 Å². The molecule has 1 rings (SSSR count). The van der Waals surface area contributed by atoms with Gasteiger partial charge in [0.2, 0.25) is 5.91 Å². The summed E-state index contributed by atoms with van der Waals surface area (Å²) in [6.45, 7) is 3.27. The van der Waals surface area contributed by atoms with E-state index in [1.54, 1.807) is 18.3 Å². The topological polar surface area (TPSA) is 80.0 Å². The molecule has 0 aliphatic heterocycles. The van der Waals surface area contributed by atoms with Crippen LogP contribution in [0.15, 0.2) is 18.3 Å². The number of rotatable bonds is 7. The van der Waals surface area contributed by atoms with Crippen molar-refractivity contribution in [2.24, 2.45) is 0 Å². The minimum absolute atomic E-state index is 0.0997. The van der Waals surface area contributed by atoms with Crippen molar-refractivity contribution in [1.82, 2.24) is 10.3 Å². The number of hydrogen-bond donors (Lipinski definition) is 3. The van der Waals surface area contributed by atoms with Crippen LogP contribution in [-0.2, 0) is 4.79 Å². The van der Waals surface area contributed by atoms with Gasteiger partial charge in [-0.3, -0.25) is 4.79 Å². The lowest BCUT2D eigenvalue weighted by atomic mass is 10.2. The van der Waals surface area contributed by atoms with Crippen LogP contribution >= 0.6 is 0 Å². The number of aromatic nitrogens is 1. The van der Waals surface area contributed by atoms with Crippen LogP contribution in [0.25, 0.3) is 0 Å². The van der Waals surface area contributed by atoms with Gasteiger partial charge < -0.3 is 16.4 Å². The fourth-order valence-electron chi connectivity index (χ4n) is 1.37. The second kappa shape index (κ2) is 7.49. The molecule has 0 aliphatic rings. The molecule has 1 amide bonds. The summed E-state index contributed by atoms with van der Waals surface area (Å²) in [5.41, 5.74) is 6.33. The van der Waals surface area contributed by atoms with Crippen molar-refractivity contribution < 1.29 is 4.79 Å². The highest BCUT2D eigenvalue weighted by atomic mass is 16.1. The van der Waals surface area contributed by atoms with Crippen LogP contribution in [-0.4, -0.2) is 24.0 Å². The number of nitrogens with one attached hydrogen (secondary N) is 2. The molecule has 0 spiro atoms. The summed E-state index contributed by atoms with van der Waals surface area (Å²) >= 11 is 0. The van der Waals surface area contributed by atoms with Crippen molar-refractivity contribution in [3.8, 4) is 0 Å². The van der Waals surface area contributed by atoms with Gasteiger partial charge in [-0.1, -0.05) is 13.3 Å². The van der Waals surface area contributed by atoms with E-state index in [4.69, 9.17) is 5.73 Å². The molecule has 0 aromatic carbocycles. The van der Waals surface area contributed by atoms with Crippen molar-refractivity contribution in [2.45, 2.75) is 26.2 Å². The van der Waals surface area contributed by atoms with Crippen LogP contribution in [0.4, 0.5) is 11.5 Å². The molecule has 17 heavy (non-hydrogen) atoms. The van der Waals surface area contributed by atoms with Gasteiger partial charge >= 0.3 is 0 Å². The standard InChI is InChI=1S/C12H20N4O/c1-2-3-6-11(17)14-8-9-16-12-10(13)5-4-7-15-12/h4-5,7H,2-3,6,8-9,13H2,1H3,(H,14,17)(H,15,16). The summed E-state index contributed by atoms with van der Waals surface area (Å²) in [5, 5.41) is 5.91. The van der Waals surface area contributed by atoms with Gasteiger partial charge in [0.25, 0.3) is 0 Å². The number of nitrogens with two attached hydrogens (primary N) is 1. The van der Waals surface area contributed by atoms with Crippen molar-refractivity contribution in [2.75, 3.05) is 24.1 Å². The molecule has 5 heteroatoms. The Kier molecular flexibility index (Phi) is 5.85. The van der Waals surface area contributed by atoms with E-state index in [9.17, 15) is 4.79 Å². The predicted octanol–water partition coefficient (Wildman–Crippen LogP) is 1.38. The SMILES string of the molecule is CCCCC(=O)NCCNc1ncccc1N. The van der Waals surface area contributed by atoms with Crippen LogP contribution in [0.5, 0.6) is 0 Å². The monoisotopic (exact) mass is 236 g/mol. The van der Waals surface area contributed by atoms with E-state index in [-0.39, 0.29) is 5.91 Å². The van der Waals surface area contributed by atoms with E-state index in [0.717, 1.165) is 12.8 Å². The van der Waals surface area contributed by atoms with Gasteiger partial charge in [-0.15, -0.1) is 0 Å². The molecule has 0 radical (unpaired) electrons. The number of carbonyl (C=O) groups excluding carboxylic acids is 1. The highest BCUT2D eigenvalue weighted by molar-refractivity contribution is 5.75. The molecular formula is C12H20N4O. The molecule has 0 fully saturated rings. The average Bonchev–Trinajstić information content (AvgIpc) is 2.34. The Labute approximate surface area is 102 Å². The maximum Gasteiger partial charge on any atom is 0.220 e. The summed E-state index contributed by atoms with van der Waals surface area (Å²) in [7, 11) is 0. The molecule has 0 saturated carbocycles. The Bertz CT molecular complexity index is 354. The molecular weight excluding hydrogens is 216 g/mol. The molecule has 5 nitrogen and oxygen atoms in total. The highest BCUT2D eigenvalue weighted by Crippen LogP contribution is 2.11. The third kappa shape index (κ3) is 5.19. The number of hydrogen-bond acceptors (Lipinski definition) is 4. The lowest BCUT2D eigenvalue weighted by molar-refractivity contribution is -0.121. The molecule has 0 bridgehead atoms. The van der Waals surface area contributed by atoms with Crippen LogP contribution in [0.2, 0.25) is 0 Å². The number of nitrogen functional groups attached to an aromatic ring is 1. The fourth-order valence-corrected chi connectivity index (χ4v) is 1.37. The van der Waals surface area contributed by atoms with Gasteiger partial charge in [-0.2, -0.15) is 0 Å². The molecule has 1 heterocycles. The van der Waals surface area contributed by atoms with Crippen LogP contribution < -0.4 is 16.4 Å². The molecule has 1 aromatic heterocycles. The number of pyridine rings is 1. The largest absolute Gasteiger partial charge is 0.396 e. The Morgan fingerprint density at radius 1 is 1.47 bits per heavy atom. The minimum Gasteiger partial charge on any atom is -0.396 e. The van der Waals surface area contributed by atoms with E-state index in [1.165, 1.54) is 0 Å². The van der Waals surface area contributed by atoms with Crippen molar-refractivity contribution in [3.63, 3.8) is 0 Å². The van der Waals surface area contributed by atoms with Crippen molar-refractivity contribution in [3.05, 3.63) is 18.3 Å². The minimum atomic E-state index is 0.0997. The maximum absolute atomic E-state index is 11.3. The Morgan fingerprint density at radius 3 is 3.00 bits per heavy atom. The summed E-state index contributed by atoms with van der Waals surface area (Å²) in [6, 6.07) is 3.57. The highest BCUT2D eigenvalue weighted by Gasteiger charge is 2.00. The van der Waals surface area contributed by atoms with E-state index in [2.05, 4.69) is 22.5 Å². The quantitative estimate of drug-likeness (QED) is 0.625. The summed E-state index contributed by atoms with van der Waals surface area (Å²) in [6.07, 6.45) is 4.25. The predicted molar refractivity (Wildman–Crippen MR) is 69.7 cm³/mol. The smallest absolute Gasteiger partial charge is 0.220 e. The first-order valence-electron chi connectivity index (χ1n) is 5.95. The normalized spacial score (nSPS) is 9.94. The fraction of sp³-hybridized carbons (Fsp3) is 0.500. The second-order valence-corrected chi connectivity index (χ2v) is 3.82. The van der Waals surface area contributed by atoms with E-state index >= 15 is 0 Å². The summed E-state index contributed by atoms with van der Waals surface area (Å²) in [4.78, 5) is 15.4. The van der Waals surface area contributed by atoms with E-state index < -0.39 is 0 Å². The van der Waals surface area contributed by atoms with Crippen molar-refractivity contribution >= 4 is 17.4 Å². The summed E-state index contributed by atoms with van der Waals surface area (Å²) < 4.78 is 0. The number of amides is 1. The third-order valence-electron chi connectivity index (χ3n) is 2.34. The Balaban J connectivity index is 2.16. The number of anilines is 2. The van der Waals surface area contributed by atoms with Crippen LogP contribution in [0, 0.1) is 0 Å². The molecule has 0 atom stereocenters. The molecule has 4 N–H and O–H groups in total. The van der Waals surface area contributed by atoms with Crippen LogP contribution in [0.1, 0.15) is 26.2 Å². The molecule has 0 aliphatic carbocycles. The number of nitrogens with zero attached hydrogens (tertiary/aromatic N) is 1. The zero-order chi connectivity index (χ0) is 12.5. The molecule has 1 aromatic rings. The maximum atomic E-state index is 11.3. The van der Waals surface area contributed by atoms with Gasteiger partial charge in [0.05, 0.1) is 5.69 Å². The second-order valence-electron chi connectivity index (χ2n) is 3.82. The lowest BCUT2D eigenvalue weighted by Crippen LogP contribution is -2.28. The first kappa shape index (κ1) is 13.3. The lowest BCUT2D eigenvalue weighted by Gasteiger charge is -2.08. The van der Waals surface area contributed by atoms with Gasteiger partial charge in [0.1, 0.15) is 5.82 Å². The molecule has 0 unspecified atom stereocenters. The Hall–Kier alpha value is -1.78. The molecule has 94 valence electrons. The first-order valence-corrected chi connectivity index (χ1v) is 5.95. The molecule has 0 saturated heterocycles. The van der Waals surface area contributed by atoms with Gasteiger partial charge in [0.15, 0.2) is 0 Å². The zero-order valence-electron chi connectivity index (χ0n) is 10.2. The number of unbranched alkanes of at least 4 members (excludes halogenated alkanes) is 1. The third-order valence-corrected chi connectivity index (χ3v) is 2.34. The van der Waals surface area contributed by atoms with Gasteiger partial charge in [-0.05, 0) is 18.6 Å².